The van der Waals surface area contributed by atoms with E-state index in [-0.39, 0.29) is 5.78 Å². The molecule has 2 heterocycles. The minimum absolute atomic E-state index is 0.0473. The van der Waals surface area contributed by atoms with E-state index in [9.17, 15) is 4.79 Å². The second-order valence-corrected chi connectivity index (χ2v) is 7.72. The largest absolute Gasteiger partial charge is 0.305 e. The van der Waals surface area contributed by atoms with Crippen molar-refractivity contribution in [1.29, 1.82) is 0 Å². The van der Waals surface area contributed by atoms with Crippen molar-refractivity contribution >= 4 is 46.1 Å². The Kier molecular flexibility index (Phi) is 4.38. The molecule has 142 valence electrons. The third-order valence-corrected chi connectivity index (χ3v) is 5.54. The Morgan fingerprint density at radius 1 is 0.931 bits per heavy atom. The molecular weight excluding hydrogens is 405 g/mol. The Morgan fingerprint density at radius 2 is 1.72 bits per heavy atom. The quantitative estimate of drug-likeness (QED) is 0.581. The summed E-state index contributed by atoms with van der Waals surface area (Å²) in [7, 11) is 0. The van der Waals surface area contributed by atoms with Crippen molar-refractivity contribution in [2.24, 2.45) is 5.10 Å². The second kappa shape index (κ2) is 7.07. The summed E-state index contributed by atoms with van der Waals surface area (Å²) in [6.45, 7) is 0.589. The Balaban J connectivity index is 1.64. The number of nitrogens with zero attached hydrogens (tertiary/aromatic N) is 2. The summed E-state index contributed by atoms with van der Waals surface area (Å²) in [4.78, 5) is 15.1. The van der Waals surface area contributed by atoms with Crippen molar-refractivity contribution in [2.45, 2.75) is 0 Å². The monoisotopic (exact) mass is 419 g/mol. The zero-order chi connectivity index (χ0) is 20.0. The Morgan fingerprint density at radius 3 is 2.52 bits per heavy atom. The van der Waals surface area contributed by atoms with Gasteiger partial charge in [-0.05, 0) is 71.8 Å². The zero-order valence-electron chi connectivity index (χ0n) is 15.2. The average Bonchev–Trinajstić information content (AvgIpc) is 3.22. The SMILES string of the molecule is O=C(c1ccc(Cl)cc1)c1ccc2c(c1)C(c1cccc(Cl)c1)=CC1=NNCN12. The van der Waals surface area contributed by atoms with Gasteiger partial charge in [0.2, 0.25) is 0 Å². The number of halogens is 2. The van der Waals surface area contributed by atoms with Gasteiger partial charge in [-0.2, -0.15) is 5.10 Å². The summed E-state index contributed by atoms with van der Waals surface area (Å²) in [5.74, 6) is 0.790. The van der Waals surface area contributed by atoms with E-state index in [4.69, 9.17) is 23.2 Å². The van der Waals surface area contributed by atoms with Crippen molar-refractivity contribution in [3.05, 3.63) is 105 Å². The number of nitrogens with one attached hydrogen (secondary N) is 1. The molecule has 0 bridgehead atoms. The van der Waals surface area contributed by atoms with Crippen LogP contribution in [0.5, 0.6) is 0 Å². The maximum Gasteiger partial charge on any atom is 0.193 e. The molecule has 0 aromatic heterocycles. The van der Waals surface area contributed by atoms with Crippen LogP contribution in [0.1, 0.15) is 27.0 Å². The maximum atomic E-state index is 13.0. The van der Waals surface area contributed by atoms with Crippen molar-refractivity contribution in [2.75, 3.05) is 11.6 Å². The van der Waals surface area contributed by atoms with E-state index >= 15 is 0 Å². The lowest BCUT2D eigenvalue weighted by Gasteiger charge is -2.27. The van der Waals surface area contributed by atoms with Gasteiger partial charge in [0.25, 0.3) is 0 Å². The van der Waals surface area contributed by atoms with Crippen LogP contribution in [0.4, 0.5) is 5.69 Å². The number of carbonyl (C=O) groups is 1. The molecule has 0 atom stereocenters. The first-order valence-corrected chi connectivity index (χ1v) is 9.86. The highest BCUT2D eigenvalue weighted by molar-refractivity contribution is 6.31. The molecule has 1 N–H and O–H groups in total. The van der Waals surface area contributed by atoms with Crippen molar-refractivity contribution in [1.82, 2.24) is 5.43 Å². The molecular formula is C23H15Cl2N3O. The number of hydrogen-bond donors (Lipinski definition) is 1. The number of carbonyl (C=O) groups excluding carboxylic acids is 1. The highest BCUT2D eigenvalue weighted by Crippen LogP contribution is 2.38. The van der Waals surface area contributed by atoms with Crippen molar-refractivity contribution in [3.8, 4) is 0 Å². The van der Waals surface area contributed by atoms with E-state index < -0.39 is 0 Å². The van der Waals surface area contributed by atoms with Gasteiger partial charge in [0.15, 0.2) is 11.6 Å². The van der Waals surface area contributed by atoms with E-state index in [0.717, 1.165) is 28.2 Å². The third-order valence-electron chi connectivity index (χ3n) is 5.05. The minimum Gasteiger partial charge on any atom is -0.305 e. The van der Waals surface area contributed by atoms with Crippen LogP contribution in [0.25, 0.3) is 5.57 Å². The molecule has 2 aliphatic heterocycles. The van der Waals surface area contributed by atoms with E-state index in [1.165, 1.54) is 0 Å². The first kappa shape index (κ1) is 18.0. The Hall–Kier alpha value is -3.08. The topological polar surface area (TPSA) is 44.7 Å². The minimum atomic E-state index is -0.0473. The van der Waals surface area contributed by atoms with Crippen molar-refractivity contribution in [3.63, 3.8) is 0 Å². The predicted octanol–water partition coefficient (Wildman–Crippen LogP) is 5.35. The van der Waals surface area contributed by atoms with Crippen LogP contribution in [0.3, 0.4) is 0 Å². The molecule has 3 aromatic rings. The summed E-state index contributed by atoms with van der Waals surface area (Å²) >= 11 is 12.2. The molecule has 0 spiro atoms. The second-order valence-electron chi connectivity index (χ2n) is 6.85. The van der Waals surface area contributed by atoms with Crippen LogP contribution in [0.15, 0.2) is 77.9 Å². The fraction of sp³-hybridized carbons (Fsp3) is 0.0435. The molecule has 0 saturated carbocycles. The predicted molar refractivity (Wildman–Crippen MR) is 118 cm³/mol. The molecule has 0 radical (unpaired) electrons. The zero-order valence-corrected chi connectivity index (χ0v) is 16.7. The van der Waals surface area contributed by atoms with E-state index in [0.29, 0.717) is 27.8 Å². The van der Waals surface area contributed by atoms with Gasteiger partial charge < -0.3 is 4.90 Å². The van der Waals surface area contributed by atoms with Crippen molar-refractivity contribution < 1.29 is 4.79 Å². The molecule has 0 saturated heterocycles. The van der Waals surface area contributed by atoms with Gasteiger partial charge in [-0.1, -0.05) is 35.3 Å². The molecule has 0 amide bonds. The maximum absolute atomic E-state index is 13.0. The molecule has 5 rings (SSSR count). The first-order valence-electron chi connectivity index (χ1n) is 9.10. The van der Waals surface area contributed by atoms with E-state index in [2.05, 4.69) is 15.4 Å². The third kappa shape index (κ3) is 3.20. The van der Waals surface area contributed by atoms with E-state index in [1.54, 1.807) is 24.3 Å². The molecule has 0 aliphatic carbocycles. The number of benzene rings is 3. The highest BCUT2D eigenvalue weighted by atomic mass is 35.5. The lowest BCUT2D eigenvalue weighted by Crippen LogP contribution is -2.31. The molecule has 29 heavy (non-hydrogen) atoms. The number of ketones is 1. The summed E-state index contributed by atoms with van der Waals surface area (Å²) in [5.41, 5.74) is 8.16. The van der Waals surface area contributed by atoms with Crippen LogP contribution in [-0.2, 0) is 0 Å². The summed E-state index contributed by atoms with van der Waals surface area (Å²) in [6.07, 6.45) is 2.02. The van der Waals surface area contributed by atoms with Crippen LogP contribution in [-0.4, -0.2) is 18.3 Å². The molecule has 0 fully saturated rings. The number of hydrogen-bond acceptors (Lipinski definition) is 4. The molecule has 3 aromatic carbocycles. The number of anilines is 1. The Bertz CT molecular complexity index is 1200. The highest BCUT2D eigenvalue weighted by Gasteiger charge is 2.28. The summed E-state index contributed by atoms with van der Waals surface area (Å²) < 4.78 is 0. The molecule has 6 heteroatoms. The van der Waals surface area contributed by atoms with Crippen LogP contribution >= 0.6 is 23.2 Å². The summed E-state index contributed by atoms with van der Waals surface area (Å²) in [5, 5.41) is 5.63. The van der Waals surface area contributed by atoms with Crippen LogP contribution in [0, 0.1) is 0 Å². The number of hydrazone groups is 1. The van der Waals surface area contributed by atoms with Gasteiger partial charge in [-0.25, -0.2) is 0 Å². The normalized spacial score (nSPS) is 14.5. The van der Waals surface area contributed by atoms with Gasteiger partial charge >= 0.3 is 0 Å². The number of amidine groups is 1. The standard InChI is InChI=1S/C23H15Cl2N3O/c24-17-7-4-14(5-8-17)23(29)16-6-9-21-20(11-16)19(12-22-27-26-13-28(21)22)15-2-1-3-18(25)10-15/h1-12,26H,13H2. The average molecular weight is 420 g/mol. The van der Waals surface area contributed by atoms with Crippen LogP contribution < -0.4 is 10.3 Å². The van der Waals surface area contributed by atoms with Gasteiger partial charge in [-0.15, -0.1) is 0 Å². The van der Waals surface area contributed by atoms with Gasteiger partial charge in [-0.3, -0.25) is 10.2 Å². The van der Waals surface area contributed by atoms with Crippen LogP contribution in [0.2, 0.25) is 10.0 Å². The van der Waals surface area contributed by atoms with Gasteiger partial charge in [0.05, 0.1) is 5.69 Å². The molecule has 4 nitrogen and oxygen atoms in total. The fourth-order valence-corrected chi connectivity index (χ4v) is 3.96. The lowest BCUT2D eigenvalue weighted by molar-refractivity contribution is 0.103. The van der Waals surface area contributed by atoms with Gasteiger partial charge in [0.1, 0.15) is 6.67 Å². The van der Waals surface area contributed by atoms with E-state index in [1.807, 2.05) is 48.5 Å². The lowest BCUT2D eigenvalue weighted by atomic mass is 9.90. The summed E-state index contributed by atoms with van der Waals surface area (Å²) in [6, 6.07) is 20.4. The number of rotatable bonds is 3. The Labute approximate surface area is 178 Å². The number of fused-ring (bicyclic) bond motifs is 3. The molecule has 2 aliphatic rings. The first-order chi connectivity index (χ1) is 14.1. The fourth-order valence-electron chi connectivity index (χ4n) is 3.65. The van der Waals surface area contributed by atoms with Gasteiger partial charge in [0, 0.05) is 26.7 Å². The smallest absolute Gasteiger partial charge is 0.193 e. The molecule has 0 unspecified atom stereocenters.